The van der Waals surface area contributed by atoms with Crippen molar-refractivity contribution < 1.29 is 18.0 Å². The predicted molar refractivity (Wildman–Crippen MR) is 145 cm³/mol. The van der Waals surface area contributed by atoms with Crippen molar-refractivity contribution in [2.24, 2.45) is 0 Å². The van der Waals surface area contributed by atoms with Crippen LogP contribution in [0.3, 0.4) is 0 Å². The molecule has 9 heteroatoms. The van der Waals surface area contributed by atoms with E-state index in [1.165, 1.54) is 11.8 Å². The fourth-order valence-electron chi connectivity index (χ4n) is 4.57. The number of carbonyl (C=O) groups is 1. The third kappa shape index (κ3) is 7.38. The molecule has 0 radical (unpaired) electrons. The normalized spacial score (nSPS) is 14.2. The molecular weight excluding hydrogens is 497 g/mol. The van der Waals surface area contributed by atoms with Crippen LogP contribution in [0.2, 0.25) is 0 Å². The maximum absolute atomic E-state index is 13.0. The van der Waals surface area contributed by atoms with Gasteiger partial charge >= 0.3 is 6.18 Å². The Hall–Kier alpha value is -2.78. The van der Waals surface area contributed by atoms with Gasteiger partial charge in [0.2, 0.25) is 5.91 Å². The molecule has 5 nitrogen and oxygen atoms in total. The van der Waals surface area contributed by atoms with E-state index >= 15 is 0 Å². The van der Waals surface area contributed by atoms with E-state index in [-0.39, 0.29) is 5.91 Å². The molecule has 1 aliphatic heterocycles. The molecule has 4 rings (SSSR count). The van der Waals surface area contributed by atoms with E-state index in [9.17, 15) is 18.0 Å². The third-order valence-corrected chi connectivity index (χ3v) is 7.75. The molecule has 0 bridgehead atoms. The van der Waals surface area contributed by atoms with Gasteiger partial charge < -0.3 is 15.1 Å². The van der Waals surface area contributed by atoms with Gasteiger partial charge in [-0.2, -0.15) is 13.2 Å². The lowest BCUT2D eigenvalue weighted by atomic mass is 10.1. The van der Waals surface area contributed by atoms with E-state index in [2.05, 4.69) is 27.3 Å². The minimum Gasteiger partial charge on any atom is -0.369 e. The minimum atomic E-state index is -4.37. The molecule has 1 aliphatic rings. The summed E-state index contributed by atoms with van der Waals surface area (Å²) in [6.07, 6.45) is 1.15. The predicted octanol–water partition coefficient (Wildman–Crippen LogP) is 6.37. The van der Waals surface area contributed by atoms with Crippen LogP contribution in [0.5, 0.6) is 0 Å². The Labute approximate surface area is 220 Å². The number of fused-ring (bicyclic) bond motifs is 1. The molecule has 198 valence electrons. The summed E-state index contributed by atoms with van der Waals surface area (Å²) < 4.78 is 39.0. The molecule has 1 N–H and O–H groups in total. The Morgan fingerprint density at radius 1 is 1.03 bits per heavy atom. The maximum atomic E-state index is 13.0. The zero-order valence-corrected chi connectivity index (χ0v) is 21.9. The largest absolute Gasteiger partial charge is 0.416 e. The molecule has 2 aromatic carbocycles. The van der Waals surface area contributed by atoms with Gasteiger partial charge in [0, 0.05) is 67.5 Å². The summed E-state index contributed by atoms with van der Waals surface area (Å²) in [4.78, 5) is 21.5. The van der Waals surface area contributed by atoms with Crippen molar-refractivity contribution in [2.45, 2.75) is 43.7 Å². The molecule has 3 aromatic rings. The van der Waals surface area contributed by atoms with Gasteiger partial charge in [-0.3, -0.25) is 9.78 Å². The molecule has 0 spiro atoms. The summed E-state index contributed by atoms with van der Waals surface area (Å²) in [5.41, 5.74) is 1.81. The van der Waals surface area contributed by atoms with Gasteiger partial charge in [0.05, 0.1) is 11.1 Å². The number of hydrogen-bond donors (Lipinski definition) is 1. The van der Waals surface area contributed by atoms with Gasteiger partial charge in [0.25, 0.3) is 0 Å². The number of carbonyl (C=O) groups excluding carboxylic acids is 1. The number of anilines is 2. The number of benzene rings is 2. The number of hydrogen-bond acceptors (Lipinski definition) is 5. The Morgan fingerprint density at radius 2 is 1.76 bits per heavy atom. The zero-order valence-electron chi connectivity index (χ0n) is 21.1. The van der Waals surface area contributed by atoms with Crippen molar-refractivity contribution in [1.29, 1.82) is 0 Å². The molecule has 1 fully saturated rings. The summed E-state index contributed by atoms with van der Waals surface area (Å²) in [6, 6.07) is 13.9. The fraction of sp³-hybridized carbons (Fsp3) is 0.429. The molecule has 0 atom stereocenters. The van der Waals surface area contributed by atoms with Gasteiger partial charge in [-0.15, -0.1) is 11.8 Å². The maximum Gasteiger partial charge on any atom is 0.416 e. The summed E-state index contributed by atoms with van der Waals surface area (Å²) in [5.74, 6) is 0.924. The molecule has 0 saturated carbocycles. The molecule has 1 amide bonds. The zero-order chi connectivity index (χ0) is 26.3. The summed E-state index contributed by atoms with van der Waals surface area (Å²) >= 11 is 1.65. The van der Waals surface area contributed by atoms with Crippen molar-refractivity contribution in [2.75, 3.05) is 48.3 Å². The van der Waals surface area contributed by atoms with Crippen molar-refractivity contribution in [1.82, 2.24) is 10.3 Å². The highest BCUT2D eigenvalue weighted by Crippen LogP contribution is 2.34. The second-order valence-electron chi connectivity index (χ2n) is 9.23. The first-order valence-electron chi connectivity index (χ1n) is 12.8. The Morgan fingerprint density at radius 3 is 2.46 bits per heavy atom. The Balaban J connectivity index is 1.21. The first-order valence-corrected chi connectivity index (χ1v) is 13.7. The molecular formula is C28H33F3N4OS. The summed E-state index contributed by atoms with van der Waals surface area (Å²) in [7, 11) is 0. The lowest BCUT2D eigenvalue weighted by molar-refractivity contribution is -0.137. The van der Waals surface area contributed by atoms with Crippen molar-refractivity contribution >= 4 is 39.9 Å². The Bertz CT molecular complexity index is 1180. The topological polar surface area (TPSA) is 48.5 Å². The molecule has 1 saturated heterocycles. The van der Waals surface area contributed by atoms with E-state index in [1.54, 1.807) is 24.9 Å². The quantitative estimate of drug-likeness (QED) is 0.244. The SMILES string of the molecule is CC(=O)N(CCCCCCSc1ccnc2cc(C(F)(F)F)ccc12)c1ccc(N2CCNCC2)cc1. The molecule has 37 heavy (non-hydrogen) atoms. The first-order chi connectivity index (χ1) is 17.8. The van der Waals surface area contributed by atoms with Gasteiger partial charge in [0.15, 0.2) is 0 Å². The minimum absolute atomic E-state index is 0.0451. The standard InChI is InChI=1S/C28H33F3N4OS/c1-21(36)35(24-9-7-23(8-10-24)34-17-14-32-15-18-34)16-4-2-3-5-19-37-27-12-13-33-26-20-22(28(29,30)31)6-11-25(26)27/h6-13,20,32H,2-5,14-19H2,1H3. The van der Waals surface area contributed by atoms with Crippen molar-refractivity contribution in [3.05, 3.63) is 60.3 Å². The molecule has 2 heterocycles. The van der Waals surface area contributed by atoms with Gasteiger partial charge in [0.1, 0.15) is 0 Å². The molecule has 0 unspecified atom stereocenters. The van der Waals surface area contributed by atoms with E-state index in [0.717, 1.165) is 85.7 Å². The number of pyridine rings is 1. The average Bonchev–Trinajstić information content (AvgIpc) is 2.90. The van der Waals surface area contributed by atoms with Gasteiger partial charge in [-0.05, 0) is 61.1 Å². The van der Waals surface area contributed by atoms with Gasteiger partial charge in [-0.1, -0.05) is 18.9 Å². The summed E-state index contributed by atoms with van der Waals surface area (Å²) in [6.45, 7) is 6.25. The highest BCUT2D eigenvalue weighted by molar-refractivity contribution is 7.99. The van der Waals surface area contributed by atoms with Crippen LogP contribution in [0.4, 0.5) is 24.5 Å². The van der Waals surface area contributed by atoms with Gasteiger partial charge in [-0.25, -0.2) is 0 Å². The van der Waals surface area contributed by atoms with Crippen LogP contribution in [0.1, 0.15) is 38.2 Å². The highest BCUT2D eigenvalue weighted by Gasteiger charge is 2.30. The van der Waals surface area contributed by atoms with Crippen LogP contribution < -0.4 is 15.1 Å². The number of aromatic nitrogens is 1. The lowest BCUT2D eigenvalue weighted by Crippen LogP contribution is -2.43. The van der Waals surface area contributed by atoms with Crippen LogP contribution in [0.25, 0.3) is 10.9 Å². The number of thioether (sulfide) groups is 1. The van der Waals surface area contributed by atoms with Crippen LogP contribution in [0, 0.1) is 0 Å². The monoisotopic (exact) mass is 530 g/mol. The number of piperazine rings is 1. The number of unbranched alkanes of at least 4 members (excludes halogenated alkanes) is 3. The number of amides is 1. The van der Waals surface area contributed by atoms with E-state index in [0.29, 0.717) is 12.1 Å². The van der Waals surface area contributed by atoms with Crippen molar-refractivity contribution in [3.8, 4) is 0 Å². The second kappa shape index (κ2) is 12.6. The highest BCUT2D eigenvalue weighted by atomic mass is 32.2. The smallest absolute Gasteiger partial charge is 0.369 e. The first kappa shape index (κ1) is 27.3. The van der Waals surface area contributed by atoms with Crippen LogP contribution >= 0.6 is 11.8 Å². The lowest BCUT2D eigenvalue weighted by Gasteiger charge is -2.30. The Kier molecular flexibility index (Phi) is 9.32. The fourth-order valence-corrected chi connectivity index (χ4v) is 5.62. The van der Waals surface area contributed by atoms with Crippen LogP contribution in [-0.2, 0) is 11.0 Å². The number of nitrogens with zero attached hydrogens (tertiary/aromatic N) is 3. The third-order valence-electron chi connectivity index (χ3n) is 6.59. The summed E-state index contributed by atoms with van der Waals surface area (Å²) in [5, 5.41) is 4.11. The van der Waals surface area contributed by atoms with Crippen LogP contribution in [-0.4, -0.2) is 49.4 Å². The number of nitrogens with one attached hydrogen (secondary N) is 1. The second-order valence-corrected chi connectivity index (χ2v) is 10.4. The molecule has 0 aliphatic carbocycles. The van der Waals surface area contributed by atoms with E-state index in [1.807, 2.05) is 23.1 Å². The molecule has 1 aromatic heterocycles. The number of halogens is 3. The van der Waals surface area contributed by atoms with E-state index < -0.39 is 11.7 Å². The van der Waals surface area contributed by atoms with Crippen molar-refractivity contribution in [3.63, 3.8) is 0 Å². The average molecular weight is 531 g/mol. The van der Waals surface area contributed by atoms with E-state index in [4.69, 9.17) is 0 Å². The number of alkyl halides is 3. The number of rotatable bonds is 10. The van der Waals surface area contributed by atoms with Crippen LogP contribution in [0.15, 0.2) is 59.6 Å².